The molecule has 1 aliphatic rings. The molecule has 1 amide bonds. The third-order valence-electron chi connectivity index (χ3n) is 4.42. The van der Waals surface area contributed by atoms with E-state index in [0.717, 1.165) is 29.9 Å². The molecule has 0 radical (unpaired) electrons. The summed E-state index contributed by atoms with van der Waals surface area (Å²) in [6.07, 6.45) is 3.84. The van der Waals surface area contributed by atoms with Crippen LogP contribution in [0.4, 0.5) is 5.69 Å². The highest BCUT2D eigenvalue weighted by Gasteiger charge is 2.28. The Hall–Kier alpha value is -3.69. The molecule has 1 aliphatic carbocycles. The fourth-order valence-electron chi connectivity index (χ4n) is 2.84. The van der Waals surface area contributed by atoms with E-state index in [1.165, 1.54) is 4.52 Å². The Balaban J connectivity index is 1.36. The van der Waals surface area contributed by atoms with Crippen molar-refractivity contribution in [2.24, 2.45) is 0 Å². The number of hydrogen-bond donors (Lipinski definition) is 1. The van der Waals surface area contributed by atoms with Crippen LogP contribution < -0.4 is 5.32 Å². The van der Waals surface area contributed by atoms with E-state index in [1.807, 2.05) is 23.7 Å². The molecule has 0 atom stereocenters. The average Bonchev–Trinajstić information content (AvgIpc) is 3.23. The molecule has 0 bridgehead atoms. The summed E-state index contributed by atoms with van der Waals surface area (Å²) in [5, 5.41) is 18.9. The van der Waals surface area contributed by atoms with E-state index in [1.54, 1.807) is 24.4 Å². The second-order valence-corrected chi connectivity index (χ2v) is 6.44. The van der Waals surface area contributed by atoms with E-state index in [-0.39, 0.29) is 5.82 Å². The van der Waals surface area contributed by atoms with Gasteiger partial charge in [-0.1, -0.05) is 0 Å². The zero-order valence-electron chi connectivity index (χ0n) is 14.4. The van der Waals surface area contributed by atoms with Gasteiger partial charge in [0, 0.05) is 23.1 Å². The average molecular weight is 361 g/mol. The largest absolute Gasteiger partial charge is 0.319 e. The topological polar surface area (TPSA) is 116 Å². The van der Waals surface area contributed by atoms with Gasteiger partial charge in [0.25, 0.3) is 11.7 Å². The lowest BCUT2D eigenvalue weighted by atomic mass is 10.2. The first-order valence-corrected chi connectivity index (χ1v) is 8.57. The number of tetrazole rings is 1. The van der Waals surface area contributed by atoms with Crippen molar-refractivity contribution < 1.29 is 4.79 Å². The van der Waals surface area contributed by atoms with Gasteiger partial charge in [-0.15, -0.1) is 10.2 Å². The highest BCUT2D eigenvalue weighted by molar-refractivity contribution is 6.01. The fourth-order valence-corrected chi connectivity index (χ4v) is 2.84. The number of anilines is 1. The lowest BCUT2D eigenvalue weighted by Crippen LogP contribution is -2.14. The van der Waals surface area contributed by atoms with Crippen LogP contribution in [0.2, 0.25) is 0 Å². The van der Waals surface area contributed by atoms with Crippen molar-refractivity contribution in [3.8, 4) is 11.4 Å². The molecule has 0 saturated heterocycles. The summed E-state index contributed by atoms with van der Waals surface area (Å²) in [7, 11) is 0. The first-order valence-electron chi connectivity index (χ1n) is 8.57. The summed E-state index contributed by atoms with van der Waals surface area (Å²) >= 11 is 0. The Bertz CT molecular complexity index is 1140. The van der Waals surface area contributed by atoms with Gasteiger partial charge in [0.15, 0.2) is 5.82 Å². The summed E-state index contributed by atoms with van der Waals surface area (Å²) in [4.78, 5) is 20.7. The van der Waals surface area contributed by atoms with Crippen LogP contribution in [0.1, 0.15) is 35.2 Å². The third kappa shape index (κ3) is 2.80. The lowest BCUT2D eigenvalue weighted by molar-refractivity contribution is 0.101. The van der Waals surface area contributed by atoms with Gasteiger partial charge in [-0.2, -0.15) is 4.98 Å². The van der Waals surface area contributed by atoms with Crippen molar-refractivity contribution in [1.29, 1.82) is 0 Å². The van der Waals surface area contributed by atoms with Crippen molar-refractivity contribution in [2.45, 2.75) is 25.8 Å². The van der Waals surface area contributed by atoms with Crippen LogP contribution in [0.3, 0.4) is 0 Å². The standard InChI is InChI=1S/C17H15N9O/c1-10-8-9-18-17-20-14(22-25(10)17)16(27)19-12-4-2-11(3-5-12)15-21-23-24-26(15)13-6-7-13/h2-5,8-9,13H,6-7H2,1H3,(H,19,27). The Morgan fingerprint density at radius 2 is 2.00 bits per heavy atom. The van der Waals surface area contributed by atoms with Crippen LogP contribution in [0.15, 0.2) is 36.5 Å². The number of fused-ring (bicyclic) bond motifs is 1. The molecule has 0 spiro atoms. The van der Waals surface area contributed by atoms with Crippen LogP contribution in [0.25, 0.3) is 17.2 Å². The van der Waals surface area contributed by atoms with E-state index in [2.05, 4.69) is 35.9 Å². The number of carbonyl (C=O) groups excluding carboxylic acids is 1. The number of rotatable bonds is 4. The molecule has 0 unspecified atom stereocenters. The minimum Gasteiger partial charge on any atom is -0.319 e. The molecule has 0 aliphatic heterocycles. The van der Waals surface area contributed by atoms with Crippen molar-refractivity contribution >= 4 is 17.4 Å². The first kappa shape index (κ1) is 15.6. The molecule has 10 nitrogen and oxygen atoms in total. The maximum atomic E-state index is 12.4. The Morgan fingerprint density at radius 1 is 1.19 bits per heavy atom. The SMILES string of the molecule is Cc1ccnc2nc(C(=O)Nc3ccc(-c4nnnn4C4CC4)cc3)nn12. The number of carbonyl (C=O) groups is 1. The van der Waals surface area contributed by atoms with Crippen LogP contribution in [0.5, 0.6) is 0 Å². The van der Waals surface area contributed by atoms with Gasteiger partial charge in [0.2, 0.25) is 5.82 Å². The Morgan fingerprint density at radius 3 is 2.74 bits per heavy atom. The predicted octanol–water partition coefficient (Wildman–Crippen LogP) is 1.67. The molecule has 5 rings (SSSR count). The van der Waals surface area contributed by atoms with E-state index >= 15 is 0 Å². The molecular weight excluding hydrogens is 346 g/mol. The van der Waals surface area contributed by atoms with Gasteiger partial charge in [0.05, 0.1) is 6.04 Å². The number of nitrogens with zero attached hydrogens (tertiary/aromatic N) is 8. The normalized spacial score (nSPS) is 13.8. The maximum Gasteiger partial charge on any atom is 0.295 e. The summed E-state index contributed by atoms with van der Waals surface area (Å²) in [5.74, 6) is 0.801. The molecule has 1 saturated carbocycles. The third-order valence-corrected chi connectivity index (χ3v) is 4.42. The second-order valence-electron chi connectivity index (χ2n) is 6.44. The van der Waals surface area contributed by atoms with E-state index in [4.69, 9.17) is 0 Å². The molecule has 3 heterocycles. The lowest BCUT2D eigenvalue weighted by Gasteiger charge is -2.05. The monoisotopic (exact) mass is 361 g/mol. The van der Waals surface area contributed by atoms with E-state index in [9.17, 15) is 4.79 Å². The van der Waals surface area contributed by atoms with Gasteiger partial charge in [0.1, 0.15) is 0 Å². The number of aryl methyl sites for hydroxylation is 1. The molecule has 134 valence electrons. The molecule has 10 heteroatoms. The van der Waals surface area contributed by atoms with Gasteiger partial charge in [-0.05, 0) is 60.5 Å². The Kier molecular flexibility index (Phi) is 3.42. The van der Waals surface area contributed by atoms with Crippen molar-refractivity contribution in [3.63, 3.8) is 0 Å². The highest BCUT2D eigenvalue weighted by atomic mass is 16.2. The summed E-state index contributed by atoms with van der Waals surface area (Å²) < 4.78 is 3.39. The summed E-state index contributed by atoms with van der Waals surface area (Å²) in [5.41, 5.74) is 2.39. The number of amides is 1. The molecule has 1 fully saturated rings. The summed E-state index contributed by atoms with van der Waals surface area (Å²) in [6.45, 7) is 1.87. The van der Waals surface area contributed by atoms with Gasteiger partial charge in [-0.25, -0.2) is 14.2 Å². The highest BCUT2D eigenvalue weighted by Crippen LogP contribution is 2.36. The van der Waals surface area contributed by atoms with Crippen molar-refractivity contribution in [3.05, 3.63) is 48.0 Å². The molecule has 4 aromatic rings. The molecule has 3 aromatic heterocycles. The minimum atomic E-state index is -0.393. The van der Waals surface area contributed by atoms with Gasteiger partial charge in [-0.3, -0.25) is 4.79 Å². The second kappa shape index (κ2) is 5.94. The van der Waals surface area contributed by atoms with E-state index in [0.29, 0.717) is 17.5 Å². The quantitative estimate of drug-likeness (QED) is 0.588. The minimum absolute atomic E-state index is 0.0681. The van der Waals surface area contributed by atoms with Gasteiger partial charge >= 0.3 is 0 Å². The maximum absolute atomic E-state index is 12.4. The molecule has 1 aromatic carbocycles. The molecule has 27 heavy (non-hydrogen) atoms. The van der Waals surface area contributed by atoms with Crippen molar-refractivity contribution in [1.82, 2.24) is 39.8 Å². The number of nitrogens with one attached hydrogen (secondary N) is 1. The zero-order valence-corrected chi connectivity index (χ0v) is 14.4. The number of hydrogen-bond acceptors (Lipinski definition) is 7. The van der Waals surface area contributed by atoms with E-state index < -0.39 is 5.91 Å². The van der Waals surface area contributed by atoms with Crippen LogP contribution in [-0.2, 0) is 0 Å². The van der Waals surface area contributed by atoms with Gasteiger partial charge < -0.3 is 5.32 Å². The van der Waals surface area contributed by atoms with Crippen LogP contribution in [-0.4, -0.2) is 45.7 Å². The number of aromatic nitrogens is 8. The van der Waals surface area contributed by atoms with Crippen LogP contribution >= 0.6 is 0 Å². The predicted molar refractivity (Wildman–Crippen MR) is 95.0 cm³/mol. The fraction of sp³-hybridized carbons (Fsp3) is 0.235. The molecular formula is C17H15N9O. The number of benzene rings is 1. The summed E-state index contributed by atoms with van der Waals surface area (Å²) in [6, 6.07) is 9.56. The Labute approximate surface area is 153 Å². The molecule has 1 N–H and O–H groups in total. The van der Waals surface area contributed by atoms with Crippen LogP contribution in [0, 0.1) is 6.92 Å². The van der Waals surface area contributed by atoms with Crippen molar-refractivity contribution in [2.75, 3.05) is 5.32 Å². The zero-order chi connectivity index (χ0) is 18.4. The smallest absolute Gasteiger partial charge is 0.295 e. The first-order chi connectivity index (χ1) is 13.2.